The number of rotatable bonds is 7. The molecule has 10 heteroatoms. The van der Waals surface area contributed by atoms with E-state index in [-0.39, 0.29) is 23.7 Å². The normalized spacial score (nSPS) is 15.1. The van der Waals surface area contributed by atoms with Crippen molar-refractivity contribution in [3.05, 3.63) is 58.9 Å². The first-order valence-corrected chi connectivity index (χ1v) is 11.4. The van der Waals surface area contributed by atoms with Crippen LogP contribution < -0.4 is 15.0 Å². The molecular weight excluding hydrogens is 433 g/mol. The molecule has 162 valence electrons. The maximum absolute atomic E-state index is 13.1. The van der Waals surface area contributed by atoms with Gasteiger partial charge in [-0.2, -0.15) is 4.31 Å². The molecule has 7 nitrogen and oxygen atoms in total. The number of sulfonamides is 1. The van der Waals surface area contributed by atoms with E-state index in [9.17, 15) is 17.6 Å². The molecule has 2 aromatic carbocycles. The van der Waals surface area contributed by atoms with E-state index in [0.717, 1.165) is 5.69 Å². The van der Waals surface area contributed by atoms with Crippen molar-refractivity contribution >= 4 is 33.2 Å². The summed E-state index contributed by atoms with van der Waals surface area (Å²) in [5, 5.41) is 2.99. The third kappa shape index (κ3) is 5.41. The number of ether oxygens (including phenoxy) is 1. The van der Waals surface area contributed by atoms with Gasteiger partial charge in [-0.15, -0.1) is 0 Å². The van der Waals surface area contributed by atoms with Crippen LogP contribution in [0.1, 0.15) is 10.4 Å². The van der Waals surface area contributed by atoms with E-state index in [4.69, 9.17) is 16.3 Å². The Kier molecular flexibility index (Phi) is 7.17. The maximum atomic E-state index is 13.1. The Balaban J connectivity index is 1.52. The summed E-state index contributed by atoms with van der Waals surface area (Å²) in [5.41, 5.74) is 1.10. The van der Waals surface area contributed by atoms with Gasteiger partial charge in [0.1, 0.15) is 11.6 Å². The van der Waals surface area contributed by atoms with Gasteiger partial charge in [-0.25, -0.2) is 12.8 Å². The van der Waals surface area contributed by atoms with E-state index in [1.54, 1.807) is 24.3 Å². The van der Waals surface area contributed by atoms with Crippen LogP contribution in [-0.4, -0.2) is 64.2 Å². The number of nitrogens with zero attached hydrogens (tertiary/aromatic N) is 2. The van der Waals surface area contributed by atoms with E-state index in [2.05, 4.69) is 5.32 Å². The van der Waals surface area contributed by atoms with Crippen LogP contribution in [0.4, 0.5) is 10.1 Å². The Morgan fingerprint density at radius 3 is 2.43 bits per heavy atom. The number of hydrogen-bond acceptors (Lipinski definition) is 5. The number of amides is 1. The Bertz CT molecular complexity index is 994. The van der Waals surface area contributed by atoms with Crippen LogP contribution in [0.5, 0.6) is 5.75 Å². The van der Waals surface area contributed by atoms with Crippen molar-refractivity contribution in [3.63, 3.8) is 0 Å². The van der Waals surface area contributed by atoms with E-state index in [1.165, 1.54) is 29.6 Å². The van der Waals surface area contributed by atoms with Gasteiger partial charge in [0, 0.05) is 43.4 Å². The quantitative estimate of drug-likeness (QED) is 0.693. The average Bonchev–Trinajstić information content (AvgIpc) is 2.74. The number of carbonyl (C=O) groups is 1. The number of methoxy groups -OCH3 is 1. The molecule has 30 heavy (non-hydrogen) atoms. The summed E-state index contributed by atoms with van der Waals surface area (Å²) in [6.07, 6.45) is 0. The zero-order chi connectivity index (χ0) is 21.7. The Labute approximate surface area is 180 Å². The first-order valence-electron chi connectivity index (χ1n) is 9.40. The minimum Gasteiger partial charge on any atom is -0.496 e. The molecule has 0 aromatic heterocycles. The zero-order valence-corrected chi connectivity index (χ0v) is 18.0. The Hall–Kier alpha value is -2.36. The molecule has 0 aliphatic carbocycles. The maximum Gasteiger partial charge on any atom is 0.255 e. The first-order chi connectivity index (χ1) is 14.3. The molecule has 1 N–H and O–H groups in total. The van der Waals surface area contributed by atoms with E-state index >= 15 is 0 Å². The number of anilines is 1. The second-order valence-electron chi connectivity index (χ2n) is 6.78. The molecular formula is C20H23ClFN3O4S. The van der Waals surface area contributed by atoms with Gasteiger partial charge in [0.15, 0.2) is 0 Å². The molecule has 0 saturated carbocycles. The van der Waals surface area contributed by atoms with Gasteiger partial charge in [-0.1, -0.05) is 11.6 Å². The lowest BCUT2D eigenvalue weighted by Crippen LogP contribution is -2.50. The van der Waals surface area contributed by atoms with Crippen molar-refractivity contribution in [2.45, 2.75) is 0 Å². The minimum atomic E-state index is -3.52. The van der Waals surface area contributed by atoms with Crippen LogP contribution in [0, 0.1) is 5.82 Å². The van der Waals surface area contributed by atoms with Crippen molar-refractivity contribution in [3.8, 4) is 5.75 Å². The lowest BCUT2D eigenvalue weighted by Gasteiger charge is -2.35. The molecule has 2 aromatic rings. The number of benzene rings is 2. The van der Waals surface area contributed by atoms with Crippen LogP contribution in [0.2, 0.25) is 5.02 Å². The largest absolute Gasteiger partial charge is 0.496 e. The number of halogens is 2. The first kappa shape index (κ1) is 22.3. The van der Waals surface area contributed by atoms with Crippen LogP contribution in [0.25, 0.3) is 0 Å². The van der Waals surface area contributed by atoms with Crippen LogP contribution in [0.3, 0.4) is 0 Å². The van der Waals surface area contributed by atoms with Gasteiger partial charge in [0.05, 0.1) is 18.4 Å². The summed E-state index contributed by atoms with van der Waals surface area (Å²) < 4.78 is 44.9. The Morgan fingerprint density at radius 1 is 1.13 bits per heavy atom. The number of piperazine rings is 1. The van der Waals surface area contributed by atoms with Crippen LogP contribution in [0.15, 0.2) is 42.5 Å². The molecule has 1 saturated heterocycles. The third-order valence-electron chi connectivity index (χ3n) is 4.88. The molecule has 0 unspecified atom stereocenters. The summed E-state index contributed by atoms with van der Waals surface area (Å²) in [6.45, 7) is 1.65. The second kappa shape index (κ2) is 9.63. The highest BCUT2D eigenvalue weighted by Crippen LogP contribution is 2.22. The van der Waals surface area contributed by atoms with E-state index in [1.807, 2.05) is 4.90 Å². The van der Waals surface area contributed by atoms with Crippen molar-refractivity contribution in [2.75, 3.05) is 50.5 Å². The minimum absolute atomic E-state index is 0.0327. The molecule has 3 rings (SSSR count). The summed E-state index contributed by atoms with van der Waals surface area (Å²) in [7, 11) is -2.08. The molecule has 1 amide bonds. The number of nitrogens with one attached hydrogen (secondary N) is 1. The number of hydrogen-bond donors (Lipinski definition) is 1. The van der Waals surface area contributed by atoms with Gasteiger partial charge in [0.25, 0.3) is 5.91 Å². The summed E-state index contributed by atoms with van der Waals surface area (Å²) >= 11 is 5.93. The fraction of sp³-hybridized carbons (Fsp3) is 0.350. The summed E-state index contributed by atoms with van der Waals surface area (Å²) in [5.74, 6) is -0.613. The van der Waals surface area contributed by atoms with Gasteiger partial charge in [-0.05, 0) is 42.5 Å². The fourth-order valence-electron chi connectivity index (χ4n) is 3.25. The predicted molar refractivity (Wildman–Crippen MR) is 114 cm³/mol. The Morgan fingerprint density at radius 2 is 1.80 bits per heavy atom. The van der Waals surface area contributed by atoms with Crippen molar-refractivity contribution < 1.29 is 22.3 Å². The molecule has 0 atom stereocenters. The highest BCUT2D eigenvalue weighted by molar-refractivity contribution is 7.89. The van der Waals surface area contributed by atoms with Crippen molar-refractivity contribution in [2.24, 2.45) is 0 Å². The van der Waals surface area contributed by atoms with Gasteiger partial charge >= 0.3 is 0 Å². The third-order valence-corrected chi connectivity index (χ3v) is 6.98. The average molecular weight is 456 g/mol. The van der Waals surface area contributed by atoms with Gasteiger partial charge in [0.2, 0.25) is 10.0 Å². The molecule has 1 fully saturated rings. The molecule has 0 spiro atoms. The standard InChI is InChI=1S/C20H23ClFN3O4S/c1-29-19-7-2-15(21)14-18(19)20(26)23-8-13-30(27,28)25-11-9-24(10-12-25)17-5-3-16(22)4-6-17/h2-7,14H,8-13H2,1H3,(H,23,26). The smallest absolute Gasteiger partial charge is 0.255 e. The second-order valence-corrected chi connectivity index (χ2v) is 9.30. The molecule has 1 heterocycles. The van der Waals surface area contributed by atoms with E-state index in [0.29, 0.717) is 37.0 Å². The predicted octanol–water partition coefficient (Wildman–Crippen LogP) is 2.37. The lowest BCUT2D eigenvalue weighted by atomic mass is 10.2. The monoisotopic (exact) mass is 455 g/mol. The van der Waals surface area contributed by atoms with Crippen LogP contribution >= 0.6 is 11.6 Å². The summed E-state index contributed by atoms with van der Waals surface area (Å²) in [6, 6.07) is 10.8. The van der Waals surface area contributed by atoms with E-state index < -0.39 is 15.9 Å². The molecule has 0 radical (unpaired) electrons. The van der Waals surface area contributed by atoms with Crippen molar-refractivity contribution in [1.82, 2.24) is 9.62 Å². The van der Waals surface area contributed by atoms with Gasteiger partial charge < -0.3 is 15.0 Å². The SMILES string of the molecule is COc1ccc(Cl)cc1C(=O)NCCS(=O)(=O)N1CCN(c2ccc(F)cc2)CC1. The number of carbonyl (C=O) groups excluding carboxylic acids is 1. The fourth-order valence-corrected chi connectivity index (χ4v) is 4.76. The van der Waals surface area contributed by atoms with Crippen molar-refractivity contribution in [1.29, 1.82) is 0 Å². The van der Waals surface area contributed by atoms with Gasteiger partial charge in [-0.3, -0.25) is 4.79 Å². The van der Waals surface area contributed by atoms with Crippen LogP contribution in [-0.2, 0) is 10.0 Å². The zero-order valence-electron chi connectivity index (χ0n) is 16.5. The summed E-state index contributed by atoms with van der Waals surface area (Å²) in [4.78, 5) is 14.4. The highest BCUT2D eigenvalue weighted by atomic mass is 35.5. The molecule has 0 bridgehead atoms. The lowest BCUT2D eigenvalue weighted by molar-refractivity contribution is 0.0953. The molecule has 1 aliphatic rings. The topological polar surface area (TPSA) is 78.9 Å². The highest BCUT2D eigenvalue weighted by Gasteiger charge is 2.27. The molecule has 1 aliphatic heterocycles.